The number of aliphatic hydroxyl groups is 1. The number of aliphatic carboxylic acids is 1. The second kappa shape index (κ2) is 5.76. The lowest BCUT2D eigenvalue weighted by Crippen LogP contribution is -2.38. The van der Waals surface area contributed by atoms with E-state index < -0.39 is 19.7 Å². The average Bonchev–Trinajstić information content (AvgIpc) is 2.41. The lowest BCUT2D eigenvalue weighted by molar-refractivity contribution is -0.310. The molecule has 1 N–H and O–H groups in total. The van der Waals surface area contributed by atoms with Crippen molar-refractivity contribution in [1.82, 2.24) is 0 Å². The van der Waals surface area contributed by atoms with Gasteiger partial charge in [-0.25, -0.2) is 0 Å². The summed E-state index contributed by atoms with van der Waals surface area (Å²) in [7, 11) is -1.36. The molecule has 18 heavy (non-hydrogen) atoms. The second-order valence-corrected chi connectivity index (χ2v) is 6.00. The molecule has 4 heteroatoms. The summed E-state index contributed by atoms with van der Waals surface area (Å²) in [6.07, 6.45) is 0. The predicted octanol–water partition coefficient (Wildman–Crippen LogP) is 0.188. The van der Waals surface area contributed by atoms with E-state index in [1.54, 1.807) is 0 Å². The molecule has 0 bridgehead atoms. The topological polar surface area (TPSA) is 60.4 Å². The molecule has 0 amide bonds. The van der Waals surface area contributed by atoms with Crippen LogP contribution in [0.4, 0.5) is 0 Å². The summed E-state index contributed by atoms with van der Waals surface area (Å²) in [5, 5.41) is 22.4. The van der Waals surface area contributed by atoms with Crippen molar-refractivity contribution in [3.05, 3.63) is 60.7 Å². The lowest BCUT2D eigenvalue weighted by Gasteiger charge is -2.24. The first-order valence-corrected chi connectivity index (χ1v) is 6.89. The van der Waals surface area contributed by atoms with Gasteiger partial charge in [0.15, 0.2) is 0 Å². The van der Waals surface area contributed by atoms with E-state index in [4.69, 9.17) is 0 Å². The van der Waals surface area contributed by atoms with Gasteiger partial charge in [0, 0.05) is 0 Å². The highest BCUT2D eigenvalue weighted by atomic mass is 31.1. The highest BCUT2D eigenvalue weighted by Crippen LogP contribution is 2.37. The van der Waals surface area contributed by atoms with Crippen LogP contribution in [0.25, 0.3) is 0 Å². The van der Waals surface area contributed by atoms with Gasteiger partial charge < -0.3 is 15.0 Å². The van der Waals surface area contributed by atoms with Crippen molar-refractivity contribution in [2.24, 2.45) is 0 Å². The summed E-state index contributed by atoms with van der Waals surface area (Å²) in [6, 6.07) is 18.3. The predicted molar refractivity (Wildman–Crippen MR) is 70.1 cm³/mol. The van der Waals surface area contributed by atoms with E-state index in [1.165, 1.54) is 0 Å². The Balaban J connectivity index is 2.45. The molecule has 0 heterocycles. The molecular formula is C14H12O3P-. The SMILES string of the molecule is O=C([O-])C(O)P(c1ccccc1)c1ccccc1. The Morgan fingerprint density at radius 2 is 1.33 bits per heavy atom. The zero-order chi connectivity index (χ0) is 13.0. The van der Waals surface area contributed by atoms with Crippen LogP contribution < -0.4 is 15.7 Å². The molecule has 0 aliphatic carbocycles. The first-order chi connectivity index (χ1) is 8.70. The molecule has 2 rings (SSSR count). The zero-order valence-corrected chi connectivity index (χ0v) is 10.5. The van der Waals surface area contributed by atoms with Crippen molar-refractivity contribution in [2.75, 3.05) is 0 Å². The summed E-state index contributed by atoms with van der Waals surface area (Å²) in [5.41, 5.74) is 0. The number of carbonyl (C=O) groups is 1. The summed E-state index contributed by atoms with van der Waals surface area (Å²) in [5.74, 6) is -2.93. The minimum atomic E-state index is -1.50. The monoisotopic (exact) mass is 259 g/mol. The third kappa shape index (κ3) is 2.76. The minimum Gasteiger partial charge on any atom is -0.547 e. The summed E-state index contributed by atoms with van der Waals surface area (Å²) >= 11 is 0. The van der Waals surface area contributed by atoms with Crippen LogP contribution in [0, 0.1) is 0 Å². The fourth-order valence-corrected chi connectivity index (χ4v) is 3.77. The molecule has 0 spiro atoms. The van der Waals surface area contributed by atoms with Crippen LogP contribution in [-0.4, -0.2) is 16.9 Å². The van der Waals surface area contributed by atoms with E-state index in [2.05, 4.69) is 0 Å². The highest BCUT2D eigenvalue weighted by molar-refractivity contribution is 7.74. The van der Waals surface area contributed by atoms with Crippen molar-refractivity contribution < 1.29 is 15.0 Å². The Morgan fingerprint density at radius 3 is 1.67 bits per heavy atom. The quantitative estimate of drug-likeness (QED) is 0.797. The number of hydrogen-bond donors (Lipinski definition) is 1. The molecule has 0 saturated carbocycles. The van der Waals surface area contributed by atoms with Gasteiger partial charge in [-0.1, -0.05) is 60.7 Å². The van der Waals surface area contributed by atoms with E-state index in [0.717, 1.165) is 10.6 Å². The van der Waals surface area contributed by atoms with Gasteiger partial charge >= 0.3 is 0 Å². The van der Waals surface area contributed by atoms with Crippen molar-refractivity contribution in [1.29, 1.82) is 0 Å². The Hall–Kier alpha value is -1.70. The van der Waals surface area contributed by atoms with E-state index >= 15 is 0 Å². The van der Waals surface area contributed by atoms with Crippen LogP contribution >= 0.6 is 7.92 Å². The highest BCUT2D eigenvalue weighted by Gasteiger charge is 2.23. The number of aliphatic hydroxyl groups excluding tert-OH is 1. The van der Waals surface area contributed by atoms with Gasteiger partial charge in [-0.3, -0.25) is 0 Å². The molecule has 2 aromatic carbocycles. The van der Waals surface area contributed by atoms with Gasteiger partial charge in [0.05, 0.1) is 5.97 Å². The smallest absolute Gasteiger partial charge is 0.120 e. The third-order valence-corrected chi connectivity index (χ3v) is 4.93. The number of rotatable bonds is 4. The maximum absolute atomic E-state index is 10.9. The van der Waals surface area contributed by atoms with Gasteiger partial charge in [0.1, 0.15) is 5.85 Å². The first-order valence-electron chi connectivity index (χ1n) is 5.48. The van der Waals surface area contributed by atoms with Gasteiger partial charge in [-0.15, -0.1) is 0 Å². The molecule has 0 aromatic heterocycles. The van der Waals surface area contributed by atoms with Gasteiger partial charge in [-0.05, 0) is 18.5 Å². The van der Waals surface area contributed by atoms with Crippen molar-refractivity contribution in [3.63, 3.8) is 0 Å². The second-order valence-electron chi connectivity index (χ2n) is 3.73. The minimum absolute atomic E-state index is 0.815. The van der Waals surface area contributed by atoms with Crippen LogP contribution in [0.3, 0.4) is 0 Å². The fraction of sp³-hybridized carbons (Fsp3) is 0.0714. The molecule has 1 atom stereocenters. The van der Waals surface area contributed by atoms with Crippen molar-refractivity contribution in [2.45, 2.75) is 5.85 Å². The number of carboxylic acid groups (broad SMARTS) is 1. The van der Waals surface area contributed by atoms with Gasteiger partial charge in [0.25, 0.3) is 0 Å². The fourth-order valence-electron chi connectivity index (χ4n) is 1.71. The maximum Gasteiger partial charge on any atom is 0.120 e. The third-order valence-electron chi connectivity index (χ3n) is 2.52. The largest absolute Gasteiger partial charge is 0.547 e. The van der Waals surface area contributed by atoms with E-state index in [1.807, 2.05) is 60.7 Å². The average molecular weight is 259 g/mol. The Morgan fingerprint density at radius 1 is 0.944 bits per heavy atom. The van der Waals surface area contributed by atoms with Crippen LogP contribution in [0.2, 0.25) is 0 Å². The number of hydrogen-bond acceptors (Lipinski definition) is 3. The number of benzene rings is 2. The molecule has 2 aromatic rings. The van der Waals surface area contributed by atoms with E-state index in [-0.39, 0.29) is 0 Å². The molecule has 1 unspecified atom stereocenters. The summed E-state index contributed by atoms with van der Waals surface area (Å²) in [6.45, 7) is 0. The Kier molecular flexibility index (Phi) is 4.08. The Labute approximate surface area is 106 Å². The molecule has 0 saturated heterocycles. The van der Waals surface area contributed by atoms with E-state index in [0.29, 0.717) is 0 Å². The normalized spacial score (nSPS) is 12.3. The molecule has 0 aliphatic heterocycles. The molecule has 0 radical (unpaired) electrons. The van der Waals surface area contributed by atoms with Crippen LogP contribution in [0.15, 0.2) is 60.7 Å². The summed E-state index contributed by atoms with van der Waals surface area (Å²) < 4.78 is 0. The lowest BCUT2D eigenvalue weighted by atomic mass is 10.4. The molecule has 0 fully saturated rings. The van der Waals surface area contributed by atoms with Gasteiger partial charge in [0.2, 0.25) is 0 Å². The van der Waals surface area contributed by atoms with Crippen LogP contribution in [-0.2, 0) is 4.79 Å². The van der Waals surface area contributed by atoms with E-state index in [9.17, 15) is 15.0 Å². The molecule has 0 aliphatic rings. The van der Waals surface area contributed by atoms with Crippen molar-refractivity contribution >= 4 is 24.5 Å². The first kappa shape index (κ1) is 12.7. The molecular weight excluding hydrogens is 247 g/mol. The maximum atomic E-state index is 10.9. The van der Waals surface area contributed by atoms with Gasteiger partial charge in [-0.2, -0.15) is 0 Å². The van der Waals surface area contributed by atoms with Crippen molar-refractivity contribution in [3.8, 4) is 0 Å². The molecule has 3 nitrogen and oxygen atoms in total. The molecule has 92 valence electrons. The van der Waals surface area contributed by atoms with Crippen LogP contribution in [0.5, 0.6) is 0 Å². The Bertz CT molecular complexity index is 474. The number of carboxylic acids is 1. The standard InChI is InChI=1S/C14H13O3P/c15-13(16)14(17)18(11-7-3-1-4-8-11)12-9-5-2-6-10-12/h1-10,14,17H,(H,15,16)/p-1. The number of carbonyl (C=O) groups excluding carboxylic acids is 1. The van der Waals surface area contributed by atoms with Crippen LogP contribution in [0.1, 0.15) is 0 Å². The zero-order valence-electron chi connectivity index (χ0n) is 9.56. The summed E-state index contributed by atoms with van der Waals surface area (Å²) in [4.78, 5) is 10.9.